The van der Waals surface area contributed by atoms with Gasteiger partial charge in [-0.1, -0.05) is 28.0 Å². The maximum Gasteiger partial charge on any atom is 0.291 e. The Hall–Kier alpha value is -1.50. The Balaban J connectivity index is 2.29. The van der Waals surface area contributed by atoms with Crippen molar-refractivity contribution < 1.29 is 28.5 Å². The van der Waals surface area contributed by atoms with Crippen LogP contribution in [0, 0.1) is 10.2 Å². The fourth-order valence-electron chi connectivity index (χ4n) is 1.74. The monoisotopic (exact) mass is 315 g/mol. The van der Waals surface area contributed by atoms with E-state index in [4.69, 9.17) is 17.3 Å². The number of anilines is 1. The molecule has 0 fully saturated rings. The van der Waals surface area contributed by atoms with Gasteiger partial charge in [-0.2, -0.15) is 14.0 Å². The predicted molar refractivity (Wildman–Crippen MR) is 65.7 cm³/mol. The van der Waals surface area contributed by atoms with Crippen LogP contribution < -0.4 is 24.0 Å². The van der Waals surface area contributed by atoms with Crippen LogP contribution in [0.5, 0.6) is 5.75 Å². The molecular formula is C13H11Cl2NO4. The smallest absolute Gasteiger partial charge is 0.291 e. The molecule has 0 aliphatic rings. The number of benzene rings is 2. The molecule has 0 unspecified atom stereocenters. The van der Waals surface area contributed by atoms with Crippen LogP contribution in [0.3, 0.4) is 0 Å². The molecule has 0 aliphatic carbocycles. The molecule has 2 N–H and O–H groups in total. The quantitative estimate of drug-likeness (QED) is 0.786. The summed E-state index contributed by atoms with van der Waals surface area (Å²) in [7, 11) is -4.54. The zero-order valence-corrected chi connectivity index (χ0v) is 11.7. The first-order valence-corrected chi connectivity index (χ1v) is 7.18. The Morgan fingerprint density at radius 1 is 1.05 bits per heavy atom. The third-order valence-corrected chi connectivity index (χ3v) is 3.18. The van der Waals surface area contributed by atoms with E-state index in [0.29, 0.717) is 22.7 Å². The molecule has 0 heterocycles. The average molecular weight is 316 g/mol. The minimum atomic E-state index is -4.54. The van der Waals surface area contributed by atoms with Crippen molar-refractivity contribution in [1.29, 1.82) is 0 Å². The van der Waals surface area contributed by atoms with E-state index >= 15 is 0 Å². The lowest BCUT2D eigenvalue weighted by Gasteiger charge is -2.14. The molecule has 7 heteroatoms. The minimum Gasteiger partial charge on any atom is -0.399 e. The van der Waals surface area contributed by atoms with Gasteiger partial charge in [0, 0.05) is 22.7 Å². The van der Waals surface area contributed by atoms with Gasteiger partial charge in [0.1, 0.15) is 10.2 Å². The molecule has 2 aromatic carbocycles. The van der Waals surface area contributed by atoms with Gasteiger partial charge in [-0.25, -0.2) is 0 Å². The Labute approximate surface area is 122 Å². The van der Waals surface area contributed by atoms with E-state index in [-0.39, 0.29) is 5.75 Å². The van der Waals surface area contributed by atoms with Crippen LogP contribution in [0.2, 0.25) is 5.02 Å². The van der Waals surface area contributed by atoms with Crippen molar-refractivity contribution >= 4 is 17.3 Å². The summed E-state index contributed by atoms with van der Waals surface area (Å²) in [6.45, 7) is 0. The van der Waals surface area contributed by atoms with E-state index in [1.807, 2.05) is 0 Å². The summed E-state index contributed by atoms with van der Waals surface area (Å²) in [4.78, 5) is 0. The van der Waals surface area contributed by atoms with Crippen LogP contribution in [0.1, 0.15) is 11.1 Å². The maximum absolute atomic E-state index is 10.7. The number of hydrogen-bond donors (Lipinski definition) is 1. The van der Waals surface area contributed by atoms with Gasteiger partial charge in [-0.15, -0.1) is 0 Å². The highest BCUT2D eigenvalue weighted by Crippen LogP contribution is 2.26. The molecule has 0 atom stereocenters. The standard InChI is InChI=1S/C13H11Cl2NO4/c14-11-3-1-9(2-4-11)7-10-8-12(16)5-6-13(10)20-15(17,18)19/h1-6,8H,7,16H2. The van der Waals surface area contributed by atoms with Gasteiger partial charge >= 0.3 is 0 Å². The van der Waals surface area contributed by atoms with E-state index < -0.39 is 10.2 Å². The van der Waals surface area contributed by atoms with E-state index in [0.717, 1.165) is 5.56 Å². The molecule has 2 aromatic rings. The summed E-state index contributed by atoms with van der Waals surface area (Å²) in [5.41, 5.74) is 7.49. The Morgan fingerprint density at radius 3 is 2.30 bits per heavy atom. The van der Waals surface area contributed by atoms with Gasteiger partial charge < -0.3 is 5.73 Å². The molecule has 0 saturated heterocycles. The number of rotatable bonds is 4. The largest absolute Gasteiger partial charge is 0.399 e. The average Bonchev–Trinajstić information content (AvgIpc) is 2.34. The zero-order chi connectivity index (χ0) is 14.8. The lowest BCUT2D eigenvalue weighted by molar-refractivity contribution is -1.91. The molecule has 0 saturated carbocycles. The van der Waals surface area contributed by atoms with Crippen molar-refractivity contribution in [3.05, 3.63) is 58.6 Å². The predicted octanol–water partition coefficient (Wildman–Crippen LogP) is -0.211. The summed E-state index contributed by atoms with van der Waals surface area (Å²) < 4.78 is 36.4. The maximum atomic E-state index is 10.7. The molecule has 0 aliphatic heterocycles. The lowest BCUT2D eigenvalue weighted by atomic mass is 10.0. The summed E-state index contributed by atoms with van der Waals surface area (Å²) in [5.74, 6) is -0.0363. The van der Waals surface area contributed by atoms with Crippen molar-refractivity contribution in [3.8, 4) is 5.75 Å². The van der Waals surface area contributed by atoms with E-state index in [9.17, 15) is 14.0 Å². The van der Waals surface area contributed by atoms with Crippen molar-refractivity contribution in [3.63, 3.8) is 0 Å². The van der Waals surface area contributed by atoms with E-state index in [2.05, 4.69) is 4.29 Å². The second-order valence-corrected chi connectivity index (χ2v) is 5.47. The first-order valence-electron chi connectivity index (χ1n) is 5.57. The summed E-state index contributed by atoms with van der Waals surface area (Å²) in [6.07, 6.45) is 0.364. The number of halogens is 2. The van der Waals surface area contributed by atoms with Crippen LogP contribution in [-0.4, -0.2) is 0 Å². The number of hydrogen-bond acceptors (Lipinski definition) is 5. The van der Waals surface area contributed by atoms with Crippen molar-refractivity contribution in [2.45, 2.75) is 6.42 Å². The van der Waals surface area contributed by atoms with Crippen LogP contribution in [0.15, 0.2) is 42.5 Å². The van der Waals surface area contributed by atoms with Gasteiger partial charge in [0.25, 0.3) is 5.75 Å². The normalized spacial score (nSPS) is 11.4. The molecule has 2 rings (SSSR count). The second-order valence-electron chi connectivity index (χ2n) is 4.13. The van der Waals surface area contributed by atoms with Gasteiger partial charge in [0.15, 0.2) is 0 Å². The first kappa shape index (κ1) is 14.9. The first-order chi connectivity index (χ1) is 9.33. The molecule has 0 aromatic heterocycles. The molecule has 0 bridgehead atoms. The Bertz CT molecular complexity index is 596. The molecule has 0 radical (unpaired) electrons. The molecule has 106 valence electrons. The second kappa shape index (κ2) is 5.87. The summed E-state index contributed by atoms with van der Waals surface area (Å²) >= 11 is 5.79. The molecule has 0 amide bonds. The topological polar surface area (TPSA) is 104 Å². The Kier molecular flexibility index (Phi) is 4.37. The third-order valence-electron chi connectivity index (χ3n) is 2.57. The number of nitrogen functional groups attached to an aromatic ring is 1. The van der Waals surface area contributed by atoms with Crippen LogP contribution in [-0.2, 0) is 6.42 Å². The van der Waals surface area contributed by atoms with Gasteiger partial charge in [0.05, 0.1) is 0 Å². The zero-order valence-electron chi connectivity index (χ0n) is 10.2. The van der Waals surface area contributed by atoms with Crippen LogP contribution in [0.4, 0.5) is 5.69 Å². The number of nitrogens with two attached hydrogens (primary N) is 1. The SMILES string of the molecule is Nc1ccc(O[Cl+3]([O-])([O-])[O-])c(Cc2ccc(Cl)cc2)c1. The fourth-order valence-corrected chi connectivity index (χ4v) is 2.22. The van der Waals surface area contributed by atoms with Crippen molar-refractivity contribution in [2.75, 3.05) is 5.73 Å². The highest BCUT2D eigenvalue weighted by Gasteiger charge is 2.22. The van der Waals surface area contributed by atoms with Crippen molar-refractivity contribution in [2.24, 2.45) is 0 Å². The minimum absolute atomic E-state index is 0.0363. The summed E-state index contributed by atoms with van der Waals surface area (Å²) in [5, 5.41) is 0.596. The molecular weight excluding hydrogens is 305 g/mol. The molecule has 5 nitrogen and oxygen atoms in total. The third kappa shape index (κ3) is 4.26. The summed E-state index contributed by atoms with van der Waals surface area (Å²) in [6, 6.07) is 11.4. The van der Waals surface area contributed by atoms with E-state index in [1.165, 1.54) is 12.1 Å². The molecule has 20 heavy (non-hydrogen) atoms. The highest BCUT2D eigenvalue weighted by atomic mass is 35.7. The molecule has 0 spiro atoms. The fraction of sp³-hybridized carbons (Fsp3) is 0.0769. The highest BCUT2D eigenvalue weighted by molar-refractivity contribution is 6.30. The van der Waals surface area contributed by atoms with E-state index in [1.54, 1.807) is 30.3 Å². The van der Waals surface area contributed by atoms with Crippen LogP contribution >= 0.6 is 11.6 Å². The van der Waals surface area contributed by atoms with Gasteiger partial charge in [0.2, 0.25) is 0 Å². The van der Waals surface area contributed by atoms with Crippen molar-refractivity contribution in [1.82, 2.24) is 0 Å². The van der Waals surface area contributed by atoms with Crippen LogP contribution in [0.25, 0.3) is 0 Å². The Morgan fingerprint density at radius 2 is 1.70 bits per heavy atom. The van der Waals surface area contributed by atoms with Gasteiger partial charge in [-0.3, -0.25) is 0 Å². The lowest BCUT2D eigenvalue weighted by Crippen LogP contribution is -2.63. The van der Waals surface area contributed by atoms with Gasteiger partial charge in [-0.05, 0) is 35.9 Å².